The Kier molecular flexibility index (Phi) is 7.11. The fourth-order valence-corrected chi connectivity index (χ4v) is 3.98. The summed E-state index contributed by atoms with van der Waals surface area (Å²) >= 11 is 0. The fourth-order valence-electron chi connectivity index (χ4n) is 3.98. The van der Waals surface area contributed by atoms with E-state index in [1.54, 1.807) is 0 Å². The number of morpholine rings is 1. The van der Waals surface area contributed by atoms with Crippen molar-refractivity contribution in [2.45, 2.75) is 26.9 Å². The molecule has 2 aliphatic heterocycles. The third-order valence-corrected chi connectivity index (χ3v) is 5.75. The Morgan fingerprint density at radius 1 is 0.939 bits per heavy atom. The highest BCUT2D eigenvalue weighted by Crippen LogP contribution is 2.31. The van der Waals surface area contributed by atoms with Crippen LogP contribution in [0.5, 0.6) is 5.75 Å². The molecule has 0 bridgehead atoms. The van der Waals surface area contributed by atoms with Gasteiger partial charge in [0.2, 0.25) is 0 Å². The largest absolute Gasteiger partial charge is 0.491 e. The molecular formula is C26H31N3O4. The molecule has 0 unspecified atom stereocenters. The molecule has 0 aliphatic carbocycles. The van der Waals surface area contributed by atoms with E-state index >= 15 is 0 Å². The number of anilines is 1. The summed E-state index contributed by atoms with van der Waals surface area (Å²) in [5.41, 5.74) is 3.26. The van der Waals surface area contributed by atoms with Crippen molar-refractivity contribution in [1.29, 1.82) is 0 Å². The molecule has 0 radical (unpaired) electrons. The van der Waals surface area contributed by atoms with Crippen molar-refractivity contribution in [3.8, 4) is 5.75 Å². The fraction of sp³-hybridized carbons (Fsp3) is 0.385. The molecule has 1 N–H and O–H groups in total. The summed E-state index contributed by atoms with van der Waals surface area (Å²) in [4.78, 5) is 30.3. The van der Waals surface area contributed by atoms with Gasteiger partial charge in [-0.15, -0.1) is 0 Å². The highest BCUT2D eigenvalue weighted by molar-refractivity contribution is 6.36. The third kappa shape index (κ3) is 5.43. The number of carbonyl (C=O) groups is 2. The first-order valence-corrected chi connectivity index (χ1v) is 11.4. The van der Waals surface area contributed by atoms with Crippen LogP contribution in [-0.4, -0.2) is 67.1 Å². The second kappa shape index (κ2) is 10.2. The van der Waals surface area contributed by atoms with Gasteiger partial charge in [-0.05, 0) is 50.6 Å². The summed E-state index contributed by atoms with van der Waals surface area (Å²) in [7, 11) is 0. The Labute approximate surface area is 195 Å². The zero-order valence-corrected chi connectivity index (χ0v) is 19.5. The lowest BCUT2D eigenvalue weighted by Crippen LogP contribution is -2.43. The molecule has 0 atom stereocenters. The maximum absolute atomic E-state index is 13.4. The molecule has 2 amide bonds. The third-order valence-electron chi connectivity index (χ3n) is 5.75. The van der Waals surface area contributed by atoms with Crippen LogP contribution in [0.25, 0.3) is 5.57 Å². The predicted octanol–water partition coefficient (Wildman–Crippen LogP) is 3.31. The van der Waals surface area contributed by atoms with Crippen molar-refractivity contribution in [1.82, 2.24) is 9.80 Å². The number of ether oxygens (including phenoxy) is 2. The maximum Gasteiger partial charge on any atom is 0.278 e. The highest BCUT2D eigenvalue weighted by Gasteiger charge is 2.39. The van der Waals surface area contributed by atoms with E-state index in [1.165, 1.54) is 4.90 Å². The van der Waals surface area contributed by atoms with E-state index in [2.05, 4.69) is 10.2 Å². The first-order valence-electron chi connectivity index (χ1n) is 11.4. The number of hydrogen-bond acceptors (Lipinski definition) is 6. The lowest BCUT2D eigenvalue weighted by Gasteiger charge is -2.28. The van der Waals surface area contributed by atoms with Crippen LogP contribution in [0.4, 0.5) is 5.69 Å². The van der Waals surface area contributed by atoms with Crippen LogP contribution in [0.15, 0.2) is 54.2 Å². The van der Waals surface area contributed by atoms with Crippen LogP contribution in [0, 0.1) is 6.92 Å². The summed E-state index contributed by atoms with van der Waals surface area (Å²) in [6.45, 7) is 9.90. The SMILES string of the molecule is Cc1ccc(C2=C(Nc3ccc(OC(C)C)cc3)C(=O)N(CCN3CCOCC3)C2=O)cc1. The standard InChI is InChI=1S/C26H31N3O4/c1-18(2)33-22-10-8-21(9-11-22)27-24-23(20-6-4-19(3)5-7-20)25(30)29(26(24)31)13-12-28-14-16-32-17-15-28/h4-11,18,27H,12-17H2,1-3H3. The van der Waals surface area contributed by atoms with E-state index < -0.39 is 0 Å². The Morgan fingerprint density at radius 2 is 1.61 bits per heavy atom. The molecule has 0 saturated carbocycles. The molecule has 7 heteroatoms. The Balaban J connectivity index is 1.58. The van der Waals surface area contributed by atoms with Gasteiger partial charge < -0.3 is 14.8 Å². The van der Waals surface area contributed by atoms with Crippen LogP contribution in [0.3, 0.4) is 0 Å². The summed E-state index contributed by atoms with van der Waals surface area (Å²) in [5, 5.41) is 3.21. The smallest absolute Gasteiger partial charge is 0.278 e. The molecule has 33 heavy (non-hydrogen) atoms. The number of nitrogens with zero attached hydrogens (tertiary/aromatic N) is 2. The van der Waals surface area contributed by atoms with Gasteiger partial charge >= 0.3 is 0 Å². The monoisotopic (exact) mass is 449 g/mol. The average Bonchev–Trinajstić information content (AvgIpc) is 3.03. The van der Waals surface area contributed by atoms with E-state index in [4.69, 9.17) is 9.47 Å². The van der Waals surface area contributed by atoms with E-state index in [-0.39, 0.29) is 17.9 Å². The molecule has 7 nitrogen and oxygen atoms in total. The van der Waals surface area contributed by atoms with Crippen molar-refractivity contribution in [2.24, 2.45) is 0 Å². The summed E-state index contributed by atoms with van der Waals surface area (Å²) < 4.78 is 11.1. The van der Waals surface area contributed by atoms with Gasteiger partial charge in [0.05, 0.1) is 24.9 Å². The molecule has 0 spiro atoms. The first-order chi connectivity index (χ1) is 15.9. The maximum atomic E-state index is 13.4. The Bertz CT molecular complexity index is 1020. The van der Waals surface area contributed by atoms with Gasteiger partial charge in [0.1, 0.15) is 11.4 Å². The van der Waals surface area contributed by atoms with Crippen LogP contribution >= 0.6 is 0 Å². The number of imide groups is 1. The number of carbonyl (C=O) groups excluding carboxylic acids is 2. The number of benzene rings is 2. The molecule has 0 aromatic heterocycles. The van der Waals surface area contributed by atoms with Gasteiger partial charge in [-0.3, -0.25) is 19.4 Å². The summed E-state index contributed by atoms with van der Waals surface area (Å²) in [6.07, 6.45) is 0.0775. The number of rotatable bonds is 8. The van der Waals surface area contributed by atoms with Crippen LogP contribution in [0.2, 0.25) is 0 Å². The molecule has 174 valence electrons. The molecule has 1 fully saturated rings. The topological polar surface area (TPSA) is 71.1 Å². The van der Waals surface area contributed by atoms with E-state index in [0.717, 1.165) is 35.7 Å². The number of amides is 2. The second-order valence-electron chi connectivity index (χ2n) is 8.65. The van der Waals surface area contributed by atoms with Crippen LogP contribution < -0.4 is 10.1 Å². The van der Waals surface area contributed by atoms with E-state index in [1.807, 2.05) is 69.3 Å². The van der Waals surface area contributed by atoms with Gasteiger partial charge in [-0.1, -0.05) is 29.8 Å². The Hall–Kier alpha value is -3.16. The number of nitrogens with one attached hydrogen (secondary N) is 1. The van der Waals surface area contributed by atoms with Crippen molar-refractivity contribution >= 4 is 23.1 Å². The minimum Gasteiger partial charge on any atom is -0.491 e. The zero-order valence-electron chi connectivity index (χ0n) is 19.5. The molecule has 2 aromatic rings. The van der Waals surface area contributed by atoms with Crippen LogP contribution in [-0.2, 0) is 14.3 Å². The number of aryl methyl sites for hydroxylation is 1. The minimum absolute atomic E-state index is 0.0775. The lowest BCUT2D eigenvalue weighted by atomic mass is 10.0. The van der Waals surface area contributed by atoms with Crippen molar-refractivity contribution in [3.63, 3.8) is 0 Å². The highest BCUT2D eigenvalue weighted by atomic mass is 16.5. The first kappa shape index (κ1) is 23.0. The number of hydrogen-bond donors (Lipinski definition) is 1. The molecule has 2 heterocycles. The molecular weight excluding hydrogens is 418 g/mol. The quantitative estimate of drug-likeness (QED) is 0.624. The van der Waals surface area contributed by atoms with Gasteiger partial charge in [-0.2, -0.15) is 0 Å². The summed E-state index contributed by atoms with van der Waals surface area (Å²) in [6, 6.07) is 15.1. The molecule has 4 rings (SSSR count). The van der Waals surface area contributed by atoms with E-state index in [0.29, 0.717) is 37.6 Å². The Morgan fingerprint density at radius 3 is 2.24 bits per heavy atom. The van der Waals surface area contributed by atoms with Crippen molar-refractivity contribution in [2.75, 3.05) is 44.7 Å². The van der Waals surface area contributed by atoms with Gasteiger partial charge in [0.25, 0.3) is 11.8 Å². The summed E-state index contributed by atoms with van der Waals surface area (Å²) in [5.74, 6) is 0.190. The predicted molar refractivity (Wildman–Crippen MR) is 128 cm³/mol. The molecule has 2 aliphatic rings. The van der Waals surface area contributed by atoms with Gasteiger partial charge in [-0.25, -0.2) is 0 Å². The van der Waals surface area contributed by atoms with Gasteiger partial charge in [0, 0.05) is 31.9 Å². The van der Waals surface area contributed by atoms with Crippen molar-refractivity contribution in [3.05, 3.63) is 65.4 Å². The minimum atomic E-state index is -0.300. The molecule has 2 aromatic carbocycles. The lowest BCUT2D eigenvalue weighted by molar-refractivity contribution is -0.137. The normalized spacial score (nSPS) is 17.3. The van der Waals surface area contributed by atoms with E-state index in [9.17, 15) is 9.59 Å². The van der Waals surface area contributed by atoms with Crippen molar-refractivity contribution < 1.29 is 19.1 Å². The zero-order chi connectivity index (χ0) is 23.4. The second-order valence-corrected chi connectivity index (χ2v) is 8.65. The van der Waals surface area contributed by atoms with Gasteiger partial charge in [0.15, 0.2) is 0 Å². The van der Waals surface area contributed by atoms with Crippen LogP contribution in [0.1, 0.15) is 25.0 Å². The average molecular weight is 450 g/mol. The molecule has 1 saturated heterocycles.